The van der Waals surface area contributed by atoms with Crippen LogP contribution in [-0.4, -0.2) is 92.8 Å². The number of nitrogens with two attached hydrogens (primary N) is 1. The molecular formula is C31H36N4O9. The van der Waals surface area contributed by atoms with Crippen LogP contribution in [-0.2, 0) is 33.9 Å². The van der Waals surface area contributed by atoms with Crippen LogP contribution >= 0.6 is 0 Å². The Balaban J connectivity index is 1.60. The number of benzene rings is 2. The third-order valence-electron chi connectivity index (χ3n) is 8.94. The van der Waals surface area contributed by atoms with Crippen molar-refractivity contribution >= 4 is 28.9 Å². The summed E-state index contributed by atoms with van der Waals surface area (Å²) in [5, 5.41) is 68.3. The molecule has 0 heterocycles. The molecule has 0 spiro atoms. The highest BCUT2D eigenvalue weighted by Gasteiger charge is 2.64. The molecular weight excluding hydrogens is 572 g/mol. The van der Waals surface area contributed by atoms with E-state index in [-0.39, 0.29) is 54.3 Å². The summed E-state index contributed by atoms with van der Waals surface area (Å²) >= 11 is 0. The van der Waals surface area contributed by atoms with Crippen LogP contribution in [0.3, 0.4) is 0 Å². The third kappa shape index (κ3) is 4.55. The van der Waals surface area contributed by atoms with Crippen LogP contribution in [0, 0.1) is 11.8 Å². The van der Waals surface area contributed by atoms with Crippen molar-refractivity contribution in [3.63, 3.8) is 0 Å². The summed E-state index contributed by atoms with van der Waals surface area (Å²) in [5.41, 5.74) is 3.88. The van der Waals surface area contributed by atoms with Gasteiger partial charge in [-0.2, -0.15) is 0 Å². The molecule has 2 aromatic rings. The zero-order chi connectivity index (χ0) is 32.4. The van der Waals surface area contributed by atoms with Gasteiger partial charge >= 0.3 is 0 Å². The number of likely N-dealkylation sites (N-methyl/N-ethyl adjacent to an activating group) is 1. The second-order valence-corrected chi connectivity index (χ2v) is 12.0. The summed E-state index contributed by atoms with van der Waals surface area (Å²) in [6.07, 6.45) is 0.179. The summed E-state index contributed by atoms with van der Waals surface area (Å²) in [6.45, 7) is 0.384. The Kier molecular flexibility index (Phi) is 7.60. The minimum absolute atomic E-state index is 0.00216. The molecule has 2 aromatic carbocycles. The van der Waals surface area contributed by atoms with E-state index in [9.17, 15) is 45.0 Å². The number of nitrogens with one attached hydrogen (secondary N) is 1. The van der Waals surface area contributed by atoms with Crippen LogP contribution in [0.5, 0.6) is 17.2 Å². The summed E-state index contributed by atoms with van der Waals surface area (Å²) in [6, 6.07) is 4.98. The Morgan fingerprint density at radius 2 is 1.70 bits per heavy atom. The van der Waals surface area contributed by atoms with Gasteiger partial charge in [0.25, 0.3) is 5.91 Å². The van der Waals surface area contributed by atoms with Gasteiger partial charge in [-0.25, -0.2) is 0 Å². The van der Waals surface area contributed by atoms with Crippen molar-refractivity contribution in [3.05, 3.63) is 63.4 Å². The number of phenols is 3. The van der Waals surface area contributed by atoms with E-state index < -0.39 is 58.0 Å². The average Bonchev–Trinajstić information content (AvgIpc) is 2.93. The van der Waals surface area contributed by atoms with E-state index in [0.29, 0.717) is 22.4 Å². The number of amides is 1. The molecule has 13 heteroatoms. The van der Waals surface area contributed by atoms with E-state index in [0.717, 1.165) is 0 Å². The standard InChI is InChI=1S/C31H36N4O9/c1-34(2)18-10-15(12-33-11-13-5-6-19(36)20(37)7-13)25(38)22-16(18)8-14-9-17-24(35(3)4)27(40)23(30(32)43)29(42)31(17,44)28(41)21(14)26(22)39/h5-7,10,14,17,24,33,36-39,42,44H,8-9,11-12H2,1-4H3,(H2,32,43). The molecule has 5 rings (SSSR count). The molecule has 0 aliphatic heterocycles. The molecule has 1 fully saturated rings. The van der Waals surface area contributed by atoms with Crippen LogP contribution in [0.25, 0.3) is 5.76 Å². The van der Waals surface area contributed by atoms with Crippen LogP contribution in [0.1, 0.15) is 28.7 Å². The van der Waals surface area contributed by atoms with Gasteiger partial charge in [0.1, 0.15) is 22.8 Å². The van der Waals surface area contributed by atoms with Gasteiger partial charge in [0.05, 0.1) is 11.6 Å². The highest BCUT2D eigenvalue weighted by Crippen LogP contribution is 2.54. The fourth-order valence-electron chi connectivity index (χ4n) is 6.90. The topological polar surface area (TPSA) is 217 Å². The highest BCUT2D eigenvalue weighted by molar-refractivity contribution is 6.24. The smallest absolute Gasteiger partial charge is 0.255 e. The van der Waals surface area contributed by atoms with Gasteiger partial charge in [0.2, 0.25) is 5.78 Å². The van der Waals surface area contributed by atoms with Crippen molar-refractivity contribution in [1.29, 1.82) is 0 Å². The van der Waals surface area contributed by atoms with E-state index in [1.165, 1.54) is 17.0 Å². The number of Topliss-reactive ketones (excluding diaryl/α,β-unsaturated/α-hetero) is 2. The molecule has 0 saturated heterocycles. The monoisotopic (exact) mass is 608 g/mol. The van der Waals surface area contributed by atoms with Crippen LogP contribution in [0.2, 0.25) is 0 Å². The SMILES string of the molecule is CN(C)c1cc(CNCc2ccc(O)c(O)c2)c(O)c2c1CC1CC3C(N(C)C)C(=O)C(C(N)=O)=C(O)C3(O)C(=O)C1=C2O. The predicted octanol–water partition coefficient (Wildman–Crippen LogP) is 0.731. The van der Waals surface area contributed by atoms with Gasteiger partial charge in [-0.15, -0.1) is 0 Å². The molecule has 3 aliphatic carbocycles. The molecule has 0 radical (unpaired) electrons. The zero-order valence-electron chi connectivity index (χ0n) is 24.7. The summed E-state index contributed by atoms with van der Waals surface area (Å²) in [5.74, 6) is -7.51. The maximum Gasteiger partial charge on any atom is 0.255 e. The largest absolute Gasteiger partial charge is 0.508 e. The van der Waals surface area contributed by atoms with Crippen molar-refractivity contribution in [2.75, 3.05) is 33.1 Å². The molecule has 1 saturated carbocycles. The summed E-state index contributed by atoms with van der Waals surface area (Å²) < 4.78 is 0. The Morgan fingerprint density at radius 3 is 2.30 bits per heavy atom. The van der Waals surface area contributed by atoms with Crippen LogP contribution < -0.4 is 16.0 Å². The average molecular weight is 609 g/mol. The number of nitrogens with zero attached hydrogens (tertiary/aromatic N) is 2. The number of anilines is 1. The number of primary amides is 1. The third-order valence-corrected chi connectivity index (χ3v) is 8.94. The second-order valence-electron chi connectivity index (χ2n) is 12.0. The van der Waals surface area contributed by atoms with Gasteiger partial charge in [-0.1, -0.05) is 6.07 Å². The maximum absolute atomic E-state index is 14.1. The molecule has 4 unspecified atom stereocenters. The first-order valence-corrected chi connectivity index (χ1v) is 14.0. The number of rotatable bonds is 7. The van der Waals surface area contributed by atoms with Gasteiger partial charge in [-0.3, -0.25) is 19.3 Å². The normalized spacial score (nSPS) is 24.7. The van der Waals surface area contributed by atoms with Crippen molar-refractivity contribution < 1.29 is 45.0 Å². The number of carbonyl (C=O) groups is 3. The van der Waals surface area contributed by atoms with E-state index in [4.69, 9.17) is 5.73 Å². The van der Waals surface area contributed by atoms with Crippen molar-refractivity contribution in [1.82, 2.24) is 10.2 Å². The number of fused-ring (bicyclic) bond motifs is 3. The fourth-order valence-corrected chi connectivity index (χ4v) is 6.90. The molecule has 44 heavy (non-hydrogen) atoms. The van der Waals surface area contributed by atoms with Crippen molar-refractivity contribution in [3.8, 4) is 17.2 Å². The molecule has 0 aromatic heterocycles. The fraction of sp³-hybridized carbons (Fsp3) is 0.387. The number of aliphatic hydroxyl groups is 3. The molecule has 1 amide bonds. The number of aromatic hydroxyl groups is 3. The lowest BCUT2D eigenvalue weighted by atomic mass is 9.57. The highest BCUT2D eigenvalue weighted by atomic mass is 16.3. The Bertz CT molecular complexity index is 1660. The Morgan fingerprint density at radius 1 is 1.02 bits per heavy atom. The quantitative estimate of drug-likeness (QED) is 0.161. The molecule has 4 atom stereocenters. The second kappa shape index (κ2) is 10.8. The molecule has 234 valence electrons. The number of phenolic OH excluding ortho intramolecular Hbond substituents is 3. The van der Waals surface area contributed by atoms with Crippen LogP contribution in [0.15, 0.2) is 41.2 Å². The summed E-state index contributed by atoms with van der Waals surface area (Å²) in [4.78, 5) is 42.8. The zero-order valence-corrected chi connectivity index (χ0v) is 24.7. The maximum atomic E-state index is 14.1. The van der Waals surface area contributed by atoms with E-state index in [1.807, 2.05) is 0 Å². The van der Waals surface area contributed by atoms with E-state index >= 15 is 0 Å². The number of hydrogen-bond acceptors (Lipinski definition) is 12. The lowest BCUT2D eigenvalue weighted by molar-refractivity contribution is -0.153. The lowest BCUT2D eigenvalue weighted by Crippen LogP contribution is -2.65. The first-order valence-electron chi connectivity index (χ1n) is 14.0. The predicted molar refractivity (Wildman–Crippen MR) is 159 cm³/mol. The number of ketones is 2. The van der Waals surface area contributed by atoms with Crippen LogP contribution in [0.4, 0.5) is 5.69 Å². The van der Waals surface area contributed by atoms with E-state index in [2.05, 4.69) is 5.32 Å². The molecule has 9 N–H and O–H groups in total. The van der Waals surface area contributed by atoms with Crippen molar-refractivity contribution in [2.24, 2.45) is 17.6 Å². The Hall–Kier alpha value is -4.59. The number of aliphatic hydroxyl groups excluding tert-OH is 2. The van der Waals surface area contributed by atoms with Crippen molar-refractivity contribution in [2.45, 2.75) is 37.6 Å². The molecule has 0 bridgehead atoms. The van der Waals surface area contributed by atoms with Gasteiger partial charge in [0, 0.05) is 49.9 Å². The van der Waals surface area contributed by atoms with Gasteiger partial charge < -0.3 is 46.6 Å². The summed E-state index contributed by atoms with van der Waals surface area (Å²) in [7, 11) is 6.69. The van der Waals surface area contributed by atoms with Gasteiger partial charge in [-0.05, 0) is 62.2 Å². The minimum atomic E-state index is -2.71. The molecule has 3 aliphatic rings. The van der Waals surface area contributed by atoms with E-state index in [1.54, 1.807) is 45.2 Å². The molecule has 13 nitrogen and oxygen atoms in total. The Labute approximate surface area is 253 Å². The minimum Gasteiger partial charge on any atom is -0.508 e. The first-order chi connectivity index (χ1) is 20.6. The first kappa shape index (κ1) is 30.9. The van der Waals surface area contributed by atoms with Gasteiger partial charge in [0.15, 0.2) is 22.9 Å². The lowest BCUT2D eigenvalue weighted by Gasteiger charge is -2.50. The number of carbonyl (C=O) groups excluding carboxylic acids is 3. The number of hydrogen-bond donors (Lipinski definition) is 8.